The molecule has 8 heteroatoms. The molecule has 1 fully saturated rings. The Balaban J connectivity index is 1.41. The van der Waals surface area contributed by atoms with Crippen molar-refractivity contribution < 1.29 is 28.5 Å². The van der Waals surface area contributed by atoms with Crippen LogP contribution in [0.25, 0.3) is 0 Å². The molecule has 0 saturated carbocycles. The Morgan fingerprint density at radius 3 is 0.977 bits per heavy atom. The fourth-order valence-electron chi connectivity index (χ4n) is 6.54. The average Bonchev–Trinajstić information content (AvgIpc) is 3.60. The molecule has 1 aliphatic heterocycles. The summed E-state index contributed by atoms with van der Waals surface area (Å²) < 4.78 is 24.7. The molecule has 2 aromatic rings. The average molecular weight is 607 g/mol. The third kappa shape index (κ3) is 6.36. The van der Waals surface area contributed by atoms with E-state index in [0.717, 1.165) is 96.6 Å². The number of nitrogens with one attached hydrogen (secondary N) is 2. The van der Waals surface area contributed by atoms with Gasteiger partial charge in [-0.15, -0.1) is 0 Å². The zero-order valence-electron chi connectivity index (χ0n) is 27.1. The van der Waals surface area contributed by atoms with Crippen LogP contribution < -0.4 is 29.6 Å². The summed E-state index contributed by atoms with van der Waals surface area (Å²) >= 11 is 0. The predicted molar refractivity (Wildman–Crippen MR) is 171 cm³/mol. The Kier molecular flexibility index (Phi) is 10.3. The number of rotatable bonds is 16. The summed E-state index contributed by atoms with van der Waals surface area (Å²) in [6.45, 7) is 11.0. The van der Waals surface area contributed by atoms with Gasteiger partial charge in [0.1, 0.15) is 34.1 Å². The zero-order chi connectivity index (χ0) is 31.2. The fourth-order valence-corrected chi connectivity index (χ4v) is 6.54. The van der Waals surface area contributed by atoms with Gasteiger partial charge in [0.25, 0.3) is 0 Å². The van der Waals surface area contributed by atoms with Crippen molar-refractivity contribution in [1.82, 2.24) is 10.6 Å². The zero-order valence-corrected chi connectivity index (χ0v) is 27.1. The molecular weight excluding hydrogens is 556 g/mol. The lowest BCUT2D eigenvalue weighted by molar-refractivity contribution is -0.145. The quantitative estimate of drug-likeness (QED) is 0.227. The highest BCUT2D eigenvalue weighted by Crippen LogP contribution is 2.46. The van der Waals surface area contributed by atoms with Crippen molar-refractivity contribution in [2.45, 2.75) is 116 Å². The van der Waals surface area contributed by atoms with Crippen molar-refractivity contribution >= 4 is 11.8 Å². The van der Waals surface area contributed by atoms with Gasteiger partial charge in [0.15, 0.2) is 0 Å². The van der Waals surface area contributed by atoms with Crippen LogP contribution in [0.3, 0.4) is 0 Å². The van der Waals surface area contributed by atoms with E-state index in [2.05, 4.69) is 38.3 Å². The number of carbonyl (C=O) groups is 2. The number of hydrogen-bond acceptors (Lipinski definition) is 6. The second kappa shape index (κ2) is 14.1. The highest BCUT2D eigenvalue weighted by molar-refractivity contribution is 6.04. The molecule has 0 bridgehead atoms. The van der Waals surface area contributed by atoms with Crippen LogP contribution in [0.1, 0.15) is 101 Å². The van der Waals surface area contributed by atoms with E-state index in [1.54, 1.807) is 0 Å². The number of piperazine rings is 1. The molecule has 44 heavy (non-hydrogen) atoms. The molecular formula is C36H50N2O6. The maximum absolute atomic E-state index is 14.2. The summed E-state index contributed by atoms with van der Waals surface area (Å²) in [5.41, 5.74) is 1.63. The number of carbonyl (C=O) groups excluding carboxylic acids is 2. The van der Waals surface area contributed by atoms with Crippen LogP contribution in [0.15, 0.2) is 24.3 Å². The summed E-state index contributed by atoms with van der Waals surface area (Å²) in [4.78, 5) is 28.4. The summed E-state index contributed by atoms with van der Waals surface area (Å²) in [6.07, 6.45) is 9.39. The van der Waals surface area contributed by atoms with E-state index in [4.69, 9.17) is 18.9 Å². The monoisotopic (exact) mass is 606 g/mol. The first-order chi connectivity index (χ1) is 21.4. The van der Waals surface area contributed by atoms with Crippen LogP contribution in [0, 0.1) is 0 Å². The summed E-state index contributed by atoms with van der Waals surface area (Å²) in [5.74, 6) is 2.75. The van der Waals surface area contributed by atoms with Gasteiger partial charge in [0.2, 0.25) is 11.8 Å². The van der Waals surface area contributed by atoms with Gasteiger partial charge in [0, 0.05) is 47.9 Å². The van der Waals surface area contributed by atoms with Gasteiger partial charge in [-0.2, -0.15) is 0 Å². The highest BCUT2D eigenvalue weighted by atomic mass is 16.5. The molecule has 2 spiro atoms. The van der Waals surface area contributed by atoms with Gasteiger partial charge < -0.3 is 29.6 Å². The van der Waals surface area contributed by atoms with E-state index in [1.165, 1.54) is 0 Å². The number of hydrogen-bond donors (Lipinski definition) is 2. The first-order valence-corrected chi connectivity index (χ1v) is 16.9. The maximum Gasteiger partial charge on any atom is 0.247 e. The number of amides is 2. The number of fused-ring (bicyclic) bond motifs is 2. The van der Waals surface area contributed by atoms with Crippen molar-refractivity contribution in [3.63, 3.8) is 0 Å². The van der Waals surface area contributed by atoms with Crippen LogP contribution in [-0.2, 0) is 35.3 Å². The largest absolute Gasteiger partial charge is 0.493 e. The highest BCUT2D eigenvalue weighted by Gasteiger charge is 2.59. The van der Waals surface area contributed by atoms with Crippen LogP contribution >= 0.6 is 0 Å². The summed E-state index contributed by atoms with van der Waals surface area (Å²) in [6, 6.07) is 7.80. The molecule has 240 valence electrons. The molecule has 0 aromatic heterocycles. The van der Waals surface area contributed by atoms with Crippen molar-refractivity contribution in [2.75, 3.05) is 26.4 Å². The number of ether oxygens (including phenoxy) is 4. The topological polar surface area (TPSA) is 95.1 Å². The number of unbranched alkanes of at least 4 members (excludes halogenated alkanes) is 4. The molecule has 8 nitrogen and oxygen atoms in total. The maximum atomic E-state index is 14.2. The molecule has 1 saturated heterocycles. The lowest BCUT2D eigenvalue weighted by Gasteiger charge is -2.43. The van der Waals surface area contributed by atoms with Gasteiger partial charge in [-0.1, -0.05) is 53.4 Å². The Morgan fingerprint density at radius 1 is 0.500 bits per heavy atom. The van der Waals surface area contributed by atoms with Crippen LogP contribution in [0.2, 0.25) is 0 Å². The van der Waals surface area contributed by atoms with E-state index in [9.17, 15) is 9.59 Å². The molecule has 0 atom stereocenters. The van der Waals surface area contributed by atoms with Gasteiger partial charge in [-0.25, -0.2) is 0 Å². The minimum atomic E-state index is -1.09. The number of benzene rings is 2. The second-order valence-corrected chi connectivity index (χ2v) is 12.6. The first-order valence-electron chi connectivity index (χ1n) is 16.9. The van der Waals surface area contributed by atoms with Gasteiger partial charge >= 0.3 is 0 Å². The molecule has 3 aliphatic rings. The molecule has 5 rings (SSSR count). The van der Waals surface area contributed by atoms with Gasteiger partial charge in [-0.05, 0) is 49.9 Å². The van der Waals surface area contributed by atoms with E-state index < -0.39 is 11.1 Å². The smallest absolute Gasteiger partial charge is 0.247 e. The van der Waals surface area contributed by atoms with Crippen LogP contribution in [-0.4, -0.2) is 49.3 Å². The van der Waals surface area contributed by atoms with Crippen molar-refractivity contribution in [3.05, 3.63) is 46.5 Å². The molecule has 2 aliphatic carbocycles. The standard InChI is InChI=1S/C36H50N2O6/c1-5-9-17-41-29-13-14-30(42-18-10-6-2)26-22-35(21-25(26)29)33(39)38-36(34(40)37-35)23-27-28(24-36)32(44-20-12-8-4)16-15-31(27)43-19-11-7-3/h13-16H,5-12,17-24H2,1-4H3,(H,37,40)(H,38,39). The van der Waals surface area contributed by atoms with Gasteiger partial charge in [-0.3, -0.25) is 9.59 Å². The van der Waals surface area contributed by atoms with Crippen LogP contribution in [0.5, 0.6) is 23.0 Å². The van der Waals surface area contributed by atoms with E-state index in [0.29, 0.717) is 52.1 Å². The Morgan fingerprint density at radius 2 is 0.750 bits per heavy atom. The van der Waals surface area contributed by atoms with E-state index in [-0.39, 0.29) is 11.8 Å². The molecule has 1 heterocycles. The SMILES string of the molecule is CCCCOc1ccc(OCCCC)c2c1CC1(C2)NC(=O)C2(Cc3c(OCCCC)ccc(OCCCC)c3C2)NC1=O. The van der Waals surface area contributed by atoms with Crippen molar-refractivity contribution in [1.29, 1.82) is 0 Å². The third-order valence-corrected chi connectivity index (χ3v) is 9.20. The summed E-state index contributed by atoms with van der Waals surface area (Å²) in [7, 11) is 0. The second-order valence-electron chi connectivity index (χ2n) is 12.6. The van der Waals surface area contributed by atoms with Crippen molar-refractivity contribution in [2.24, 2.45) is 0 Å². The molecule has 2 amide bonds. The van der Waals surface area contributed by atoms with E-state index in [1.807, 2.05) is 24.3 Å². The molecule has 2 N–H and O–H groups in total. The van der Waals surface area contributed by atoms with E-state index >= 15 is 0 Å². The van der Waals surface area contributed by atoms with Gasteiger partial charge in [0.05, 0.1) is 26.4 Å². The minimum absolute atomic E-state index is 0.165. The first kappa shape index (κ1) is 32.0. The minimum Gasteiger partial charge on any atom is -0.493 e. The Bertz CT molecular complexity index is 1160. The third-order valence-electron chi connectivity index (χ3n) is 9.20. The van der Waals surface area contributed by atoms with Crippen LogP contribution in [0.4, 0.5) is 0 Å². The summed E-state index contributed by atoms with van der Waals surface area (Å²) in [5, 5.41) is 6.49. The molecule has 0 radical (unpaired) electrons. The Labute approximate surface area is 262 Å². The Hall–Kier alpha value is -3.42. The molecule has 0 unspecified atom stereocenters. The molecule has 2 aromatic carbocycles. The lowest BCUT2D eigenvalue weighted by atomic mass is 9.83. The normalized spacial score (nSPS) is 17.3. The fraction of sp³-hybridized carbons (Fsp3) is 0.611. The lowest BCUT2D eigenvalue weighted by Crippen LogP contribution is -2.75. The predicted octanol–water partition coefficient (Wildman–Crippen LogP) is 6.02. The van der Waals surface area contributed by atoms with Crippen molar-refractivity contribution in [3.8, 4) is 23.0 Å².